The van der Waals surface area contributed by atoms with E-state index < -0.39 is 0 Å². The van der Waals surface area contributed by atoms with Gasteiger partial charge in [-0.3, -0.25) is 4.79 Å². The van der Waals surface area contributed by atoms with E-state index >= 15 is 0 Å². The minimum Gasteiger partial charge on any atom is -0.497 e. The molecular formula is C24H28N2O6. The van der Waals surface area contributed by atoms with E-state index in [2.05, 4.69) is 4.98 Å². The number of hydrogen-bond acceptors (Lipinski definition) is 6. The lowest BCUT2D eigenvalue weighted by Crippen LogP contribution is -2.31. The molecule has 2 heterocycles. The highest BCUT2D eigenvalue weighted by Gasteiger charge is 2.33. The predicted octanol–water partition coefficient (Wildman–Crippen LogP) is 4.19. The van der Waals surface area contributed by atoms with E-state index in [4.69, 9.17) is 23.7 Å². The highest BCUT2D eigenvalue weighted by atomic mass is 16.5. The molecule has 1 aromatic heterocycles. The van der Waals surface area contributed by atoms with Crippen molar-refractivity contribution >= 4 is 16.8 Å². The Morgan fingerprint density at radius 2 is 1.66 bits per heavy atom. The summed E-state index contributed by atoms with van der Waals surface area (Å²) >= 11 is 0. The Bertz CT molecular complexity index is 1140. The second-order valence-corrected chi connectivity index (χ2v) is 7.55. The third-order valence-corrected chi connectivity index (χ3v) is 5.98. The van der Waals surface area contributed by atoms with Crippen molar-refractivity contribution in [3.63, 3.8) is 0 Å². The maximum absolute atomic E-state index is 13.6. The van der Waals surface area contributed by atoms with Crippen molar-refractivity contribution in [2.75, 3.05) is 42.1 Å². The summed E-state index contributed by atoms with van der Waals surface area (Å²) in [5.74, 6) is 2.98. The Hall–Kier alpha value is -3.55. The summed E-state index contributed by atoms with van der Waals surface area (Å²) in [7, 11) is 7.96. The van der Waals surface area contributed by atoms with E-state index in [0.717, 1.165) is 23.8 Å². The first-order chi connectivity index (χ1) is 15.6. The van der Waals surface area contributed by atoms with Crippen molar-refractivity contribution in [1.82, 2.24) is 9.88 Å². The zero-order valence-corrected chi connectivity index (χ0v) is 19.0. The summed E-state index contributed by atoms with van der Waals surface area (Å²) in [4.78, 5) is 18.7. The van der Waals surface area contributed by atoms with Crippen LogP contribution >= 0.6 is 0 Å². The Morgan fingerprint density at radius 1 is 0.906 bits per heavy atom. The molecule has 0 saturated carbocycles. The van der Waals surface area contributed by atoms with Gasteiger partial charge in [0.15, 0.2) is 11.5 Å². The van der Waals surface area contributed by atoms with Crippen LogP contribution in [0.15, 0.2) is 30.3 Å². The van der Waals surface area contributed by atoms with Crippen LogP contribution in [0.4, 0.5) is 0 Å². The standard InChI is InChI=1S/C24H28N2O6/c1-28-14-8-9-15(19(11-14)29-2)18-7-6-10-26(18)24(27)17-12-16-20(30-3)13-21(31-4)23(32-5)22(16)25-17/h8-9,11-13,18,25H,6-7,10H2,1-5H3. The predicted molar refractivity (Wildman–Crippen MR) is 121 cm³/mol. The quantitative estimate of drug-likeness (QED) is 0.593. The molecule has 1 aliphatic heterocycles. The first kappa shape index (κ1) is 21.7. The number of hydrogen-bond donors (Lipinski definition) is 1. The number of carbonyl (C=O) groups excluding carboxylic acids is 1. The Morgan fingerprint density at radius 3 is 2.31 bits per heavy atom. The summed E-state index contributed by atoms with van der Waals surface area (Å²) < 4.78 is 27.4. The van der Waals surface area contributed by atoms with Crippen molar-refractivity contribution in [2.24, 2.45) is 0 Å². The molecule has 0 aliphatic carbocycles. The molecule has 0 spiro atoms. The van der Waals surface area contributed by atoms with Crippen LogP contribution in [0.1, 0.15) is 34.9 Å². The molecular weight excluding hydrogens is 412 g/mol. The molecule has 0 bridgehead atoms. The number of amides is 1. The number of fused-ring (bicyclic) bond motifs is 1. The van der Waals surface area contributed by atoms with Crippen molar-refractivity contribution in [3.05, 3.63) is 41.6 Å². The lowest BCUT2D eigenvalue weighted by atomic mass is 10.0. The van der Waals surface area contributed by atoms with Gasteiger partial charge in [0, 0.05) is 29.6 Å². The van der Waals surface area contributed by atoms with Crippen LogP contribution in [0.2, 0.25) is 0 Å². The molecule has 1 atom stereocenters. The van der Waals surface area contributed by atoms with Crippen LogP contribution in [0, 0.1) is 0 Å². The average Bonchev–Trinajstić information content (AvgIpc) is 3.49. The van der Waals surface area contributed by atoms with E-state index in [9.17, 15) is 4.79 Å². The number of nitrogens with zero attached hydrogens (tertiary/aromatic N) is 1. The zero-order chi connectivity index (χ0) is 22.8. The number of aromatic nitrogens is 1. The number of carbonyl (C=O) groups is 1. The van der Waals surface area contributed by atoms with Crippen molar-refractivity contribution in [2.45, 2.75) is 18.9 Å². The largest absolute Gasteiger partial charge is 0.497 e. The fourth-order valence-corrected chi connectivity index (χ4v) is 4.43. The number of ether oxygens (including phenoxy) is 5. The van der Waals surface area contributed by atoms with Crippen LogP contribution in [-0.2, 0) is 0 Å². The van der Waals surface area contributed by atoms with Gasteiger partial charge in [-0.2, -0.15) is 0 Å². The van der Waals surface area contributed by atoms with Gasteiger partial charge in [-0.25, -0.2) is 0 Å². The van der Waals surface area contributed by atoms with Gasteiger partial charge in [-0.15, -0.1) is 0 Å². The topological polar surface area (TPSA) is 82.3 Å². The summed E-state index contributed by atoms with van der Waals surface area (Å²) in [6.45, 7) is 0.658. The second kappa shape index (κ2) is 8.90. The molecule has 1 unspecified atom stereocenters. The number of H-pyrrole nitrogens is 1. The summed E-state index contributed by atoms with van der Waals surface area (Å²) in [5, 5.41) is 0.756. The molecule has 2 aromatic carbocycles. The van der Waals surface area contributed by atoms with Gasteiger partial charge in [0.1, 0.15) is 22.9 Å². The molecule has 8 nitrogen and oxygen atoms in total. The van der Waals surface area contributed by atoms with Crippen molar-refractivity contribution < 1.29 is 28.5 Å². The van der Waals surface area contributed by atoms with E-state index in [1.54, 1.807) is 47.7 Å². The first-order valence-corrected chi connectivity index (χ1v) is 10.4. The van der Waals surface area contributed by atoms with E-state index in [1.807, 2.05) is 23.1 Å². The molecule has 3 aromatic rings. The molecule has 1 aliphatic rings. The zero-order valence-electron chi connectivity index (χ0n) is 19.0. The number of benzene rings is 2. The molecule has 8 heteroatoms. The number of methoxy groups -OCH3 is 5. The Kier molecular flexibility index (Phi) is 6.03. The maximum Gasteiger partial charge on any atom is 0.270 e. The van der Waals surface area contributed by atoms with Crippen LogP contribution < -0.4 is 23.7 Å². The van der Waals surface area contributed by atoms with Gasteiger partial charge in [0.25, 0.3) is 5.91 Å². The number of likely N-dealkylation sites (tertiary alicyclic amines) is 1. The second-order valence-electron chi connectivity index (χ2n) is 7.55. The van der Waals surface area contributed by atoms with Crippen LogP contribution in [0.3, 0.4) is 0 Å². The van der Waals surface area contributed by atoms with Crippen LogP contribution in [-0.4, -0.2) is 57.9 Å². The molecule has 1 saturated heterocycles. The Labute approximate surface area is 187 Å². The van der Waals surface area contributed by atoms with E-state index in [1.165, 1.54) is 0 Å². The number of aromatic amines is 1. The monoisotopic (exact) mass is 440 g/mol. The van der Waals surface area contributed by atoms with Gasteiger partial charge in [0.2, 0.25) is 0 Å². The summed E-state index contributed by atoms with van der Waals surface area (Å²) in [6, 6.07) is 9.18. The van der Waals surface area contributed by atoms with Crippen molar-refractivity contribution in [3.8, 4) is 28.7 Å². The highest BCUT2D eigenvalue weighted by Crippen LogP contribution is 2.43. The molecule has 32 heavy (non-hydrogen) atoms. The van der Waals surface area contributed by atoms with Gasteiger partial charge >= 0.3 is 0 Å². The summed E-state index contributed by atoms with van der Waals surface area (Å²) in [6.07, 6.45) is 1.77. The van der Waals surface area contributed by atoms with E-state index in [-0.39, 0.29) is 11.9 Å². The molecule has 4 rings (SSSR count). The van der Waals surface area contributed by atoms with Gasteiger partial charge < -0.3 is 33.6 Å². The minimum atomic E-state index is -0.0929. The molecule has 1 fully saturated rings. The van der Waals surface area contributed by atoms with Crippen LogP contribution in [0.25, 0.3) is 10.9 Å². The van der Waals surface area contributed by atoms with Gasteiger partial charge in [-0.1, -0.05) is 0 Å². The molecule has 0 radical (unpaired) electrons. The maximum atomic E-state index is 13.6. The fourth-order valence-electron chi connectivity index (χ4n) is 4.43. The normalized spacial score (nSPS) is 15.7. The fraction of sp³-hybridized carbons (Fsp3) is 0.375. The molecule has 1 N–H and O–H groups in total. The average molecular weight is 440 g/mol. The first-order valence-electron chi connectivity index (χ1n) is 10.4. The van der Waals surface area contributed by atoms with Crippen LogP contribution in [0.5, 0.6) is 28.7 Å². The number of nitrogens with one attached hydrogen (secondary N) is 1. The lowest BCUT2D eigenvalue weighted by molar-refractivity contribution is 0.0729. The Balaban J connectivity index is 1.74. The molecule has 1 amide bonds. The molecule has 170 valence electrons. The highest BCUT2D eigenvalue weighted by molar-refractivity contribution is 6.02. The lowest BCUT2D eigenvalue weighted by Gasteiger charge is -2.26. The van der Waals surface area contributed by atoms with E-state index in [0.29, 0.717) is 46.5 Å². The third-order valence-electron chi connectivity index (χ3n) is 5.98. The van der Waals surface area contributed by atoms with Crippen molar-refractivity contribution in [1.29, 1.82) is 0 Å². The number of rotatable bonds is 7. The van der Waals surface area contributed by atoms with Gasteiger partial charge in [-0.05, 0) is 31.0 Å². The third kappa shape index (κ3) is 3.55. The summed E-state index contributed by atoms with van der Waals surface area (Å²) in [5.41, 5.74) is 2.08. The van der Waals surface area contributed by atoms with Gasteiger partial charge in [0.05, 0.1) is 47.1 Å². The smallest absolute Gasteiger partial charge is 0.270 e. The minimum absolute atomic E-state index is 0.0897. The SMILES string of the molecule is COc1ccc(C2CCCN2C(=O)c2cc3c(OC)cc(OC)c(OC)c3[nH]2)c(OC)c1.